The number of rotatable bonds is 4. The van der Waals surface area contributed by atoms with Crippen molar-refractivity contribution in [3.05, 3.63) is 76.6 Å². The smallest absolute Gasteiger partial charge is 0.258 e. The Morgan fingerprint density at radius 3 is 2.24 bits per heavy atom. The van der Waals surface area contributed by atoms with Gasteiger partial charge in [-0.15, -0.1) is 0 Å². The lowest BCUT2D eigenvalue weighted by Gasteiger charge is -2.11. The molecule has 6 heteroatoms. The molecule has 126 valence electrons. The average molecular weight is 353 g/mol. The molecule has 0 saturated heterocycles. The van der Waals surface area contributed by atoms with E-state index in [0.29, 0.717) is 22.2 Å². The van der Waals surface area contributed by atoms with Crippen molar-refractivity contribution in [3.8, 4) is 0 Å². The van der Waals surface area contributed by atoms with Gasteiger partial charge in [0.15, 0.2) is 0 Å². The van der Waals surface area contributed by atoms with E-state index in [1.54, 1.807) is 6.07 Å². The Hall–Kier alpha value is -2.92. The van der Waals surface area contributed by atoms with E-state index in [2.05, 4.69) is 20.6 Å². The van der Waals surface area contributed by atoms with Gasteiger partial charge < -0.3 is 10.6 Å². The molecule has 1 heterocycles. The molecule has 1 amide bonds. The molecule has 2 N–H and O–H groups in total. The van der Waals surface area contributed by atoms with Crippen LogP contribution in [0.3, 0.4) is 0 Å². The second-order valence-corrected chi connectivity index (χ2v) is 6.03. The Labute approximate surface area is 151 Å². The number of carbonyl (C=O) groups excluding carboxylic acids is 1. The molecule has 0 spiro atoms. The Balaban J connectivity index is 1.74. The number of aromatic nitrogens is 2. The van der Waals surface area contributed by atoms with Gasteiger partial charge in [-0.05, 0) is 37.1 Å². The number of hydrogen-bond donors (Lipinski definition) is 2. The Morgan fingerprint density at radius 2 is 1.60 bits per heavy atom. The maximum Gasteiger partial charge on any atom is 0.258 e. The first-order valence-corrected chi connectivity index (χ1v) is 8.13. The zero-order valence-corrected chi connectivity index (χ0v) is 14.6. The van der Waals surface area contributed by atoms with Crippen LogP contribution in [0.15, 0.2) is 54.9 Å². The number of nitrogens with one attached hydrogen (secondary N) is 2. The minimum absolute atomic E-state index is 0.248. The van der Waals surface area contributed by atoms with Crippen molar-refractivity contribution in [1.29, 1.82) is 0 Å². The fourth-order valence-electron chi connectivity index (χ4n) is 2.39. The van der Waals surface area contributed by atoms with E-state index in [-0.39, 0.29) is 5.91 Å². The van der Waals surface area contributed by atoms with E-state index in [9.17, 15) is 4.79 Å². The maximum atomic E-state index is 12.4. The van der Waals surface area contributed by atoms with E-state index in [4.69, 9.17) is 11.6 Å². The minimum Gasteiger partial charge on any atom is -0.323 e. The third kappa shape index (κ3) is 3.95. The van der Waals surface area contributed by atoms with Gasteiger partial charge in [-0.2, -0.15) is 0 Å². The van der Waals surface area contributed by atoms with Crippen molar-refractivity contribution in [2.45, 2.75) is 13.8 Å². The molecule has 0 aliphatic rings. The predicted molar refractivity (Wildman–Crippen MR) is 101 cm³/mol. The van der Waals surface area contributed by atoms with E-state index in [1.807, 2.05) is 50.2 Å². The van der Waals surface area contributed by atoms with E-state index in [0.717, 1.165) is 16.8 Å². The minimum atomic E-state index is -0.248. The Bertz CT molecular complexity index is 889. The van der Waals surface area contributed by atoms with Crippen molar-refractivity contribution in [3.63, 3.8) is 0 Å². The number of hydrogen-bond acceptors (Lipinski definition) is 4. The number of anilines is 3. The van der Waals surface area contributed by atoms with E-state index in [1.165, 1.54) is 12.4 Å². The largest absolute Gasteiger partial charge is 0.323 e. The number of nitrogens with zero attached hydrogens (tertiary/aromatic N) is 2. The molecule has 0 radical (unpaired) electrons. The van der Waals surface area contributed by atoms with Crippen LogP contribution in [0, 0.1) is 13.8 Å². The van der Waals surface area contributed by atoms with E-state index >= 15 is 0 Å². The summed E-state index contributed by atoms with van der Waals surface area (Å²) in [5.74, 6) is 0.124. The Kier molecular flexibility index (Phi) is 4.95. The molecule has 0 atom stereocenters. The van der Waals surface area contributed by atoms with Gasteiger partial charge in [0.1, 0.15) is 0 Å². The summed E-state index contributed by atoms with van der Waals surface area (Å²) in [6, 6.07) is 13.2. The fraction of sp³-hybridized carbons (Fsp3) is 0.105. The highest BCUT2D eigenvalue weighted by atomic mass is 35.5. The van der Waals surface area contributed by atoms with Gasteiger partial charge in [0.2, 0.25) is 5.95 Å². The SMILES string of the molecule is Cc1cccc(C)c1NC(=O)c1cnc(Nc2ccccc2Cl)nc1. The number of para-hydroxylation sites is 2. The molecule has 2 aromatic carbocycles. The molecule has 0 bridgehead atoms. The normalized spacial score (nSPS) is 10.4. The summed E-state index contributed by atoms with van der Waals surface area (Å²) in [4.78, 5) is 20.8. The second-order valence-electron chi connectivity index (χ2n) is 5.62. The highest BCUT2D eigenvalue weighted by molar-refractivity contribution is 6.33. The summed E-state index contributed by atoms with van der Waals surface area (Å²) in [6.45, 7) is 3.91. The van der Waals surface area contributed by atoms with Crippen LogP contribution in [0.1, 0.15) is 21.5 Å². The average Bonchev–Trinajstić information content (AvgIpc) is 2.61. The number of aryl methyl sites for hydroxylation is 2. The topological polar surface area (TPSA) is 66.9 Å². The van der Waals surface area contributed by atoms with Crippen LogP contribution in [-0.2, 0) is 0 Å². The Morgan fingerprint density at radius 1 is 0.960 bits per heavy atom. The van der Waals surface area contributed by atoms with Crippen LogP contribution in [0.5, 0.6) is 0 Å². The highest BCUT2D eigenvalue weighted by Gasteiger charge is 2.11. The molecule has 0 fully saturated rings. The molecule has 3 aromatic rings. The summed E-state index contributed by atoms with van der Waals surface area (Å²) >= 11 is 6.09. The van der Waals surface area contributed by atoms with Crippen LogP contribution in [0.4, 0.5) is 17.3 Å². The van der Waals surface area contributed by atoms with Crippen LogP contribution in [0.25, 0.3) is 0 Å². The monoisotopic (exact) mass is 352 g/mol. The first kappa shape index (κ1) is 16.9. The molecule has 0 aliphatic carbocycles. The molecule has 25 heavy (non-hydrogen) atoms. The molecular weight excluding hydrogens is 336 g/mol. The first-order chi connectivity index (χ1) is 12.0. The number of halogens is 1. The summed E-state index contributed by atoms with van der Waals surface area (Å²) in [5.41, 5.74) is 3.91. The quantitative estimate of drug-likeness (QED) is 0.711. The third-order valence-electron chi connectivity index (χ3n) is 3.75. The van der Waals surface area contributed by atoms with Crippen molar-refractivity contribution >= 4 is 34.8 Å². The molecule has 5 nitrogen and oxygen atoms in total. The summed E-state index contributed by atoms with van der Waals surface area (Å²) in [5, 5.41) is 6.51. The number of carbonyl (C=O) groups is 1. The molecule has 0 aliphatic heterocycles. The van der Waals surface area contributed by atoms with Crippen LogP contribution in [-0.4, -0.2) is 15.9 Å². The van der Waals surface area contributed by atoms with Gasteiger partial charge in [-0.1, -0.05) is 41.9 Å². The van der Waals surface area contributed by atoms with Crippen molar-refractivity contribution in [1.82, 2.24) is 9.97 Å². The van der Waals surface area contributed by atoms with E-state index < -0.39 is 0 Å². The molecule has 0 unspecified atom stereocenters. The van der Waals surface area contributed by atoms with Gasteiger partial charge in [-0.3, -0.25) is 4.79 Å². The molecule has 3 rings (SSSR count). The maximum absolute atomic E-state index is 12.4. The standard InChI is InChI=1S/C19H17ClN4O/c1-12-6-5-7-13(2)17(12)24-18(25)14-10-21-19(22-11-14)23-16-9-4-3-8-15(16)20/h3-11H,1-2H3,(H,24,25)(H,21,22,23). The second kappa shape index (κ2) is 7.32. The van der Waals surface area contributed by atoms with Gasteiger partial charge in [0.05, 0.1) is 16.3 Å². The molecule has 1 aromatic heterocycles. The fourth-order valence-corrected chi connectivity index (χ4v) is 2.57. The van der Waals surface area contributed by atoms with Crippen molar-refractivity contribution < 1.29 is 4.79 Å². The number of amides is 1. The summed E-state index contributed by atoms with van der Waals surface area (Å²) in [6.07, 6.45) is 2.96. The third-order valence-corrected chi connectivity index (χ3v) is 4.08. The zero-order chi connectivity index (χ0) is 17.8. The van der Waals surface area contributed by atoms with Gasteiger partial charge >= 0.3 is 0 Å². The van der Waals surface area contributed by atoms with Crippen molar-refractivity contribution in [2.24, 2.45) is 0 Å². The molecular formula is C19H17ClN4O. The van der Waals surface area contributed by atoms with Crippen LogP contribution >= 0.6 is 11.6 Å². The van der Waals surface area contributed by atoms with Gasteiger partial charge in [0.25, 0.3) is 5.91 Å². The van der Waals surface area contributed by atoms with Crippen LogP contribution in [0.2, 0.25) is 5.02 Å². The zero-order valence-electron chi connectivity index (χ0n) is 13.9. The molecule has 0 saturated carbocycles. The first-order valence-electron chi connectivity index (χ1n) is 7.76. The highest BCUT2D eigenvalue weighted by Crippen LogP contribution is 2.23. The lowest BCUT2D eigenvalue weighted by atomic mass is 10.1. The van der Waals surface area contributed by atoms with Crippen LogP contribution < -0.4 is 10.6 Å². The van der Waals surface area contributed by atoms with Gasteiger partial charge in [-0.25, -0.2) is 9.97 Å². The summed E-state index contributed by atoms with van der Waals surface area (Å²) in [7, 11) is 0. The number of benzene rings is 2. The predicted octanol–water partition coefficient (Wildman–Crippen LogP) is 4.74. The van der Waals surface area contributed by atoms with Gasteiger partial charge in [0, 0.05) is 18.1 Å². The lowest BCUT2D eigenvalue weighted by Crippen LogP contribution is -2.14. The van der Waals surface area contributed by atoms with Crippen molar-refractivity contribution in [2.75, 3.05) is 10.6 Å². The lowest BCUT2D eigenvalue weighted by molar-refractivity contribution is 0.102. The summed E-state index contributed by atoms with van der Waals surface area (Å²) < 4.78 is 0.